The molecular formula is C10H8O2S2. The molecule has 0 aliphatic rings. The summed E-state index contributed by atoms with van der Waals surface area (Å²) in [6.07, 6.45) is 0. The number of ketones is 2. The number of carbonyl (C=O) groups excluding carboxylic acids is 2. The summed E-state index contributed by atoms with van der Waals surface area (Å²) in [4.78, 5) is 22.6. The van der Waals surface area contributed by atoms with Crippen LogP contribution in [0, 0.1) is 0 Å². The maximum atomic E-state index is 11.3. The third-order valence-corrected chi connectivity index (χ3v) is 4.19. The molecule has 0 aromatic carbocycles. The zero-order valence-electron chi connectivity index (χ0n) is 7.79. The van der Waals surface area contributed by atoms with Gasteiger partial charge in [0.25, 0.3) is 0 Å². The van der Waals surface area contributed by atoms with Crippen LogP contribution in [0.25, 0.3) is 9.40 Å². The molecule has 0 atom stereocenters. The maximum Gasteiger partial charge on any atom is 0.161 e. The minimum absolute atomic E-state index is 0.0251. The highest BCUT2D eigenvalue weighted by Crippen LogP contribution is 2.35. The lowest BCUT2D eigenvalue weighted by Crippen LogP contribution is -1.94. The summed E-state index contributed by atoms with van der Waals surface area (Å²) in [6.45, 7) is 3.06. The first-order valence-corrected chi connectivity index (χ1v) is 5.87. The second-order valence-electron chi connectivity index (χ2n) is 3.07. The molecule has 4 heteroatoms. The molecule has 0 saturated carbocycles. The number of rotatable bonds is 2. The largest absolute Gasteiger partial charge is 0.294 e. The van der Waals surface area contributed by atoms with Crippen molar-refractivity contribution in [1.82, 2.24) is 0 Å². The molecule has 72 valence electrons. The van der Waals surface area contributed by atoms with E-state index in [0.717, 1.165) is 9.40 Å². The second-order valence-corrected chi connectivity index (χ2v) is 5.09. The highest BCUT2D eigenvalue weighted by atomic mass is 32.2. The van der Waals surface area contributed by atoms with Crippen LogP contribution >= 0.6 is 22.7 Å². The summed E-state index contributed by atoms with van der Waals surface area (Å²) in [5, 5.41) is 4.51. The van der Waals surface area contributed by atoms with Crippen LogP contribution in [-0.4, -0.2) is 11.6 Å². The molecule has 0 unspecified atom stereocenters. The smallest absolute Gasteiger partial charge is 0.161 e. The number of carbonyl (C=O) groups is 2. The molecule has 0 aliphatic carbocycles. The van der Waals surface area contributed by atoms with Gasteiger partial charge in [-0.15, -0.1) is 22.7 Å². The summed E-state index contributed by atoms with van der Waals surface area (Å²) in [6, 6.07) is 0. The maximum absolute atomic E-state index is 11.3. The second kappa shape index (κ2) is 3.29. The summed E-state index contributed by atoms with van der Waals surface area (Å²) in [7, 11) is 0. The predicted molar refractivity (Wildman–Crippen MR) is 59.7 cm³/mol. The van der Waals surface area contributed by atoms with Crippen molar-refractivity contribution < 1.29 is 9.59 Å². The minimum Gasteiger partial charge on any atom is -0.294 e. The summed E-state index contributed by atoms with van der Waals surface area (Å²) in [5.41, 5.74) is 1.35. The molecular weight excluding hydrogens is 216 g/mol. The van der Waals surface area contributed by atoms with Crippen molar-refractivity contribution in [3.05, 3.63) is 21.9 Å². The van der Waals surface area contributed by atoms with Crippen LogP contribution in [0.3, 0.4) is 0 Å². The molecule has 2 heterocycles. The Hall–Kier alpha value is -1.00. The fourth-order valence-electron chi connectivity index (χ4n) is 1.37. The van der Waals surface area contributed by atoms with Crippen LogP contribution in [0.4, 0.5) is 0 Å². The van der Waals surface area contributed by atoms with E-state index < -0.39 is 0 Å². The van der Waals surface area contributed by atoms with Crippen molar-refractivity contribution in [2.75, 3.05) is 0 Å². The molecule has 2 aromatic heterocycles. The van der Waals surface area contributed by atoms with Crippen molar-refractivity contribution in [3.8, 4) is 0 Å². The number of hydrogen-bond donors (Lipinski definition) is 0. The van der Waals surface area contributed by atoms with E-state index >= 15 is 0 Å². The Morgan fingerprint density at radius 1 is 1.00 bits per heavy atom. The number of thiophene rings is 2. The molecule has 0 saturated heterocycles. The number of Topliss-reactive ketones (excluding diaryl/α,β-unsaturated/α-hetero) is 2. The van der Waals surface area contributed by atoms with Gasteiger partial charge in [-0.3, -0.25) is 9.59 Å². The molecule has 0 amide bonds. The van der Waals surface area contributed by atoms with E-state index in [1.54, 1.807) is 0 Å². The normalized spacial score (nSPS) is 10.7. The Morgan fingerprint density at radius 2 is 1.43 bits per heavy atom. The zero-order chi connectivity index (χ0) is 10.3. The standard InChI is InChI=1S/C10H8O2S2/c1-5(11)7-3-13-10-9(7)8(4-14-10)6(2)12/h3-4H,1-2H3. The van der Waals surface area contributed by atoms with Crippen LogP contribution in [-0.2, 0) is 0 Å². The van der Waals surface area contributed by atoms with Gasteiger partial charge in [0.2, 0.25) is 0 Å². The molecule has 0 bridgehead atoms. The molecule has 0 N–H and O–H groups in total. The highest BCUT2D eigenvalue weighted by Gasteiger charge is 2.16. The van der Waals surface area contributed by atoms with E-state index in [4.69, 9.17) is 0 Å². The van der Waals surface area contributed by atoms with Gasteiger partial charge in [0, 0.05) is 27.3 Å². The minimum atomic E-state index is 0.0251. The molecule has 0 fully saturated rings. The molecule has 0 radical (unpaired) electrons. The lowest BCUT2D eigenvalue weighted by molar-refractivity contribution is 0.101. The molecule has 0 spiro atoms. The Balaban J connectivity index is 2.80. The van der Waals surface area contributed by atoms with Gasteiger partial charge < -0.3 is 0 Å². The van der Waals surface area contributed by atoms with E-state index in [0.29, 0.717) is 11.1 Å². The van der Waals surface area contributed by atoms with Crippen molar-refractivity contribution >= 4 is 43.6 Å². The Bertz CT molecular complexity index is 476. The van der Waals surface area contributed by atoms with E-state index in [-0.39, 0.29) is 11.6 Å². The zero-order valence-corrected chi connectivity index (χ0v) is 9.42. The number of hydrogen-bond acceptors (Lipinski definition) is 4. The average Bonchev–Trinajstić information content (AvgIpc) is 2.59. The number of fused-ring (bicyclic) bond motifs is 1. The van der Waals surface area contributed by atoms with E-state index in [1.807, 2.05) is 10.8 Å². The fraction of sp³-hybridized carbons (Fsp3) is 0.200. The third-order valence-electron chi connectivity index (χ3n) is 2.07. The van der Waals surface area contributed by atoms with Gasteiger partial charge in [-0.1, -0.05) is 0 Å². The van der Waals surface area contributed by atoms with E-state index in [2.05, 4.69) is 0 Å². The van der Waals surface area contributed by atoms with E-state index in [1.165, 1.54) is 36.5 Å². The molecule has 2 nitrogen and oxygen atoms in total. The highest BCUT2D eigenvalue weighted by molar-refractivity contribution is 7.37. The van der Waals surface area contributed by atoms with Crippen molar-refractivity contribution in [2.45, 2.75) is 13.8 Å². The quantitative estimate of drug-likeness (QED) is 0.733. The molecule has 14 heavy (non-hydrogen) atoms. The van der Waals surface area contributed by atoms with Crippen molar-refractivity contribution in [1.29, 1.82) is 0 Å². The lowest BCUT2D eigenvalue weighted by atomic mass is 10.1. The van der Waals surface area contributed by atoms with Crippen LogP contribution in [0.2, 0.25) is 0 Å². The first-order chi connectivity index (χ1) is 6.61. The monoisotopic (exact) mass is 224 g/mol. The van der Waals surface area contributed by atoms with Crippen LogP contribution in [0.1, 0.15) is 34.6 Å². The van der Waals surface area contributed by atoms with Gasteiger partial charge >= 0.3 is 0 Å². The first kappa shape index (κ1) is 9.55. The van der Waals surface area contributed by atoms with Gasteiger partial charge in [-0.2, -0.15) is 0 Å². The van der Waals surface area contributed by atoms with Crippen molar-refractivity contribution in [2.24, 2.45) is 0 Å². The van der Waals surface area contributed by atoms with E-state index in [9.17, 15) is 9.59 Å². The average molecular weight is 224 g/mol. The van der Waals surface area contributed by atoms with Crippen LogP contribution in [0.15, 0.2) is 10.8 Å². The van der Waals surface area contributed by atoms with Gasteiger partial charge in [-0.05, 0) is 13.8 Å². The molecule has 0 aliphatic heterocycles. The molecule has 2 rings (SSSR count). The predicted octanol–water partition coefficient (Wildman–Crippen LogP) is 3.37. The fourth-order valence-corrected chi connectivity index (χ4v) is 3.58. The topological polar surface area (TPSA) is 34.1 Å². The summed E-state index contributed by atoms with van der Waals surface area (Å²) in [5.74, 6) is 0.0503. The van der Waals surface area contributed by atoms with Crippen LogP contribution < -0.4 is 0 Å². The van der Waals surface area contributed by atoms with Gasteiger partial charge in [0.15, 0.2) is 11.6 Å². The van der Waals surface area contributed by atoms with Crippen LogP contribution in [0.5, 0.6) is 0 Å². The summed E-state index contributed by atoms with van der Waals surface area (Å²) < 4.78 is 1.06. The van der Waals surface area contributed by atoms with Crippen molar-refractivity contribution in [3.63, 3.8) is 0 Å². The summed E-state index contributed by atoms with van der Waals surface area (Å²) >= 11 is 3.05. The van der Waals surface area contributed by atoms with Gasteiger partial charge in [0.05, 0.1) is 4.01 Å². The Morgan fingerprint density at radius 3 is 1.79 bits per heavy atom. The first-order valence-electron chi connectivity index (χ1n) is 4.12. The SMILES string of the molecule is CC(=O)c1csc2scc(C(C)=O)c12. The lowest BCUT2D eigenvalue weighted by Gasteiger charge is -1.92. The van der Waals surface area contributed by atoms with Gasteiger partial charge in [0.1, 0.15) is 0 Å². The Kier molecular flexibility index (Phi) is 2.25. The Labute approximate surface area is 89.2 Å². The van der Waals surface area contributed by atoms with Gasteiger partial charge in [-0.25, -0.2) is 0 Å². The molecule has 2 aromatic rings. The third kappa shape index (κ3) is 1.31.